The second-order valence-electron chi connectivity index (χ2n) is 6.38. The van der Waals surface area contributed by atoms with Gasteiger partial charge in [-0.15, -0.1) is 10.2 Å². The van der Waals surface area contributed by atoms with E-state index in [0.29, 0.717) is 30.2 Å². The van der Waals surface area contributed by atoms with E-state index in [4.69, 9.17) is 9.15 Å². The number of furan rings is 1. The van der Waals surface area contributed by atoms with Gasteiger partial charge in [-0.1, -0.05) is 24.6 Å². The molecule has 0 spiro atoms. The van der Waals surface area contributed by atoms with Gasteiger partial charge in [0.05, 0.1) is 25.2 Å². The van der Waals surface area contributed by atoms with Crippen molar-refractivity contribution < 1.29 is 18.7 Å². The number of hydrogen-bond donors (Lipinski definition) is 1. The first kappa shape index (κ1) is 19.5. The van der Waals surface area contributed by atoms with Crippen LogP contribution in [0.3, 0.4) is 0 Å². The predicted molar refractivity (Wildman–Crippen MR) is 99.3 cm³/mol. The van der Waals surface area contributed by atoms with Crippen LogP contribution in [0.4, 0.5) is 0 Å². The van der Waals surface area contributed by atoms with E-state index in [9.17, 15) is 9.59 Å². The summed E-state index contributed by atoms with van der Waals surface area (Å²) < 4.78 is 12.2. The quantitative estimate of drug-likeness (QED) is 0.516. The summed E-state index contributed by atoms with van der Waals surface area (Å²) >= 11 is 1.31. The summed E-state index contributed by atoms with van der Waals surface area (Å²) in [5.41, 5.74) is 0. The lowest BCUT2D eigenvalue weighted by Crippen LogP contribution is -2.33. The van der Waals surface area contributed by atoms with Gasteiger partial charge in [0.2, 0.25) is 5.91 Å². The number of amides is 1. The molecule has 8 nitrogen and oxygen atoms in total. The molecule has 1 amide bonds. The van der Waals surface area contributed by atoms with Crippen LogP contribution in [0.2, 0.25) is 0 Å². The van der Waals surface area contributed by atoms with E-state index in [1.807, 2.05) is 6.07 Å². The summed E-state index contributed by atoms with van der Waals surface area (Å²) in [5, 5.41) is 11.9. The standard InChI is InChI=1S/C18H24N4O4S/c1-2-25-17(24)10-15-20-21-18(22(15)11-14-8-5-9-26-14)27-12-16(23)19-13-6-3-4-7-13/h5,8-9,13H,2-4,6-7,10-12H2,1H3,(H,19,23). The number of nitrogens with zero attached hydrogens (tertiary/aromatic N) is 3. The second-order valence-corrected chi connectivity index (χ2v) is 7.33. The van der Waals surface area contributed by atoms with Gasteiger partial charge in [-0.2, -0.15) is 0 Å². The molecule has 0 aliphatic heterocycles. The van der Waals surface area contributed by atoms with Crippen LogP contribution in [-0.4, -0.2) is 45.0 Å². The highest BCUT2D eigenvalue weighted by molar-refractivity contribution is 7.99. The Hall–Kier alpha value is -2.29. The van der Waals surface area contributed by atoms with Gasteiger partial charge >= 0.3 is 5.97 Å². The minimum absolute atomic E-state index is 0.00797. The Bertz CT molecular complexity index is 754. The normalized spacial score (nSPS) is 14.4. The Balaban J connectivity index is 1.66. The average molecular weight is 392 g/mol. The van der Waals surface area contributed by atoms with Crippen LogP contribution in [-0.2, 0) is 27.3 Å². The van der Waals surface area contributed by atoms with Crippen molar-refractivity contribution in [1.82, 2.24) is 20.1 Å². The Kier molecular flexibility index (Phi) is 6.92. The third-order valence-corrected chi connectivity index (χ3v) is 5.31. The topological polar surface area (TPSA) is 99.3 Å². The first-order valence-electron chi connectivity index (χ1n) is 9.18. The van der Waals surface area contributed by atoms with Crippen molar-refractivity contribution >= 4 is 23.6 Å². The minimum atomic E-state index is -0.360. The van der Waals surface area contributed by atoms with Gasteiger partial charge in [0.1, 0.15) is 18.0 Å². The van der Waals surface area contributed by atoms with Gasteiger partial charge in [-0.3, -0.25) is 14.2 Å². The zero-order chi connectivity index (χ0) is 19.1. The summed E-state index contributed by atoms with van der Waals surface area (Å²) in [5.74, 6) is 1.10. The maximum absolute atomic E-state index is 12.2. The number of nitrogens with one attached hydrogen (secondary N) is 1. The molecule has 1 aliphatic rings. The lowest BCUT2D eigenvalue weighted by Gasteiger charge is -2.12. The van der Waals surface area contributed by atoms with Crippen LogP contribution < -0.4 is 5.32 Å². The summed E-state index contributed by atoms with van der Waals surface area (Å²) in [6.45, 7) is 2.46. The maximum Gasteiger partial charge on any atom is 0.313 e. The number of thioether (sulfide) groups is 1. The Morgan fingerprint density at radius 3 is 2.89 bits per heavy atom. The highest BCUT2D eigenvalue weighted by Gasteiger charge is 2.20. The maximum atomic E-state index is 12.2. The van der Waals surface area contributed by atoms with Gasteiger partial charge in [-0.25, -0.2) is 0 Å². The highest BCUT2D eigenvalue weighted by atomic mass is 32.2. The molecule has 0 unspecified atom stereocenters. The van der Waals surface area contributed by atoms with Crippen molar-refractivity contribution in [3.63, 3.8) is 0 Å². The molecular formula is C18H24N4O4S. The van der Waals surface area contributed by atoms with Crippen LogP contribution in [0.25, 0.3) is 0 Å². The zero-order valence-electron chi connectivity index (χ0n) is 15.3. The van der Waals surface area contributed by atoms with Crippen molar-refractivity contribution in [1.29, 1.82) is 0 Å². The van der Waals surface area contributed by atoms with E-state index in [1.165, 1.54) is 24.6 Å². The predicted octanol–water partition coefficient (Wildman–Crippen LogP) is 2.18. The Morgan fingerprint density at radius 1 is 1.37 bits per heavy atom. The molecule has 146 valence electrons. The third-order valence-electron chi connectivity index (χ3n) is 4.35. The molecule has 1 N–H and O–H groups in total. The van der Waals surface area contributed by atoms with Crippen molar-refractivity contribution in [3.05, 3.63) is 30.0 Å². The fourth-order valence-electron chi connectivity index (χ4n) is 3.08. The number of hydrogen-bond acceptors (Lipinski definition) is 7. The second kappa shape index (κ2) is 9.59. The van der Waals surface area contributed by atoms with Crippen molar-refractivity contribution in [3.8, 4) is 0 Å². The van der Waals surface area contributed by atoms with Gasteiger partial charge in [-0.05, 0) is 31.9 Å². The van der Waals surface area contributed by atoms with E-state index >= 15 is 0 Å². The van der Waals surface area contributed by atoms with Crippen LogP contribution in [0, 0.1) is 0 Å². The summed E-state index contributed by atoms with van der Waals surface area (Å²) in [6, 6.07) is 3.93. The van der Waals surface area contributed by atoms with E-state index in [-0.39, 0.29) is 24.1 Å². The summed E-state index contributed by atoms with van der Waals surface area (Å²) in [7, 11) is 0. The highest BCUT2D eigenvalue weighted by Crippen LogP contribution is 2.21. The van der Waals surface area contributed by atoms with E-state index < -0.39 is 0 Å². The fraction of sp³-hybridized carbons (Fsp3) is 0.556. The van der Waals surface area contributed by atoms with Gasteiger partial charge in [0.15, 0.2) is 5.16 Å². The van der Waals surface area contributed by atoms with Gasteiger partial charge in [0, 0.05) is 6.04 Å². The largest absolute Gasteiger partial charge is 0.467 e. The molecule has 27 heavy (non-hydrogen) atoms. The van der Waals surface area contributed by atoms with Crippen molar-refractivity contribution in [2.75, 3.05) is 12.4 Å². The monoisotopic (exact) mass is 392 g/mol. The molecule has 0 atom stereocenters. The molecule has 0 aromatic carbocycles. The lowest BCUT2D eigenvalue weighted by atomic mass is 10.2. The Labute approximate surface area is 162 Å². The number of carbonyl (C=O) groups is 2. The van der Waals surface area contributed by atoms with Crippen LogP contribution in [0.5, 0.6) is 0 Å². The van der Waals surface area contributed by atoms with Gasteiger partial charge < -0.3 is 14.5 Å². The molecule has 9 heteroatoms. The first-order valence-corrected chi connectivity index (χ1v) is 10.2. The molecule has 1 aliphatic carbocycles. The van der Waals surface area contributed by atoms with Crippen molar-refractivity contribution in [2.45, 2.75) is 56.8 Å². The molecule has 0 bridgehead atoms. The smallest absolute Gasteiger partial charge is 0.313 e. The molecule has 3 rings (SSSR count). The van der Waals surface area contributed by atoms with E-state index in [2.05, 4.69) is 15.5 Å². The molecule has 0 saturated heterocycles. The summed E-state index contributed by atoms with van der Waals surface area (Å²) in [6.07, 6.45) is 6.06. The van der Waals surface area contributed by atoms with Crippen LogP contribution in [0.1, 0.15) is 44.2 Å². The molecule has 2 heterocycles. The molecule has 2 aromatic heterocycles. The first-order chi connectivity index (χ1) is 13.2. The molecule has 0 radical (unpaired) electrons. The molecule has 2 aromatic rings. The minimum Gasteiger partial charge on any atom is -0.467 e. The van der Waals surface area contributed by atoms with Crippen LogP contribution >= 0.6 is 11.8 Å². The average Bonchev–Trinajstić information content (AvgIpc) is 3.38. The Morgan fingerprint density at radius 2 is 2.19 bits per heavy atom. The third kappa shape index (κ3) is 5.59. The number of esters is 1. The number of carbonyl (C=O) groups excluding carboxylic acids is 2. The van der Waals surface area contributed by atoms with Gasteiger partial charge in [0.25, 0.3) is 0 Å². The SMILES string of the molecule is CCOC(=O)Cc1nnc(SCC(=O)NC2CCCC2)n1Cc1ccco1. The molecular weight excluding hydrogens is 368 g/mol. The fourth-order valence-corrected chi connectivity index (χ4v) is 3.85. The zero-order valence-corrected chi connectivity index (χ0v) is 16.2. The van der Waals surface area contributed by atoms with Crippen molar-refractivity contribution in [2.24, 2.45) is 0 Å². The van der Waals surface area contributed by atoms with Crippen LogP contribution in [0.15, 0.2) is 28.0 Å². The van der Waals surface area contributed by atoms with E-state index in [1.54, 1.807) is 23.8 Å². The number of rotatable bonds is 9. The molecule has 1 fully saturated rings. The number of aromatic nitrogens is 3. The number of ether oxygens (including phenoxy) is 1. The van der Waals surface area contributed by atoms with E-state index in [0.717, 1.165) is 18.6 Å². The lowest BCUT2D eigenvalue weighted by molar-refractivity contribution is -0.142. The molecule has 1 saturated carbocycles. The summed E-state index contributed by atoms with van der Waals surface area (Å²) in [4.78, 5) is 24.0.